The summed E-state index contributed by atoms with van der Waals surface area (Å²) in [5.74, 6) is -0.489. The summed E-state index contributed by atoms with van der Waals surface area (Å²) in [6.07, 6.45) is 0.953. The molecule has 1 aliphatic rings. The molecule has 0 amide bonds. The van der Waals surface area contributed by atoms with Crippen molar-refractivity contribution in [3.8, 4) is 0 Å². The molecule has 4 nitrogen and oxygen atoms in total. The SMILES string of the molecule is CN(CCOC1c2ccccc2CC(c2ccccc2)c2ccccc21)CCC(=O)O. The molecule has 4 rings (SSSR count). The predicted molar refractivity (Wildman–Crippen MR) is 122 cm³/mol. The molecule has 0 spiro atoms. The second kappa shape index (κ2) is 9.90. The first-order chi connectivity index (χ1) is 15.1. The lowest BCUT2D eigenvalue weighted by atomic mass is 9.85. The van der Waals surface area contributed by atoms with Crippen molar-refractivity contribution in [1.29, 1.82) is 0 Å². The number of carbonyl (C=O) groups is 1. The van der Waals surface area contributed by atoms with Gasteiger partial charge in [-0.15, -0.1) is 0 Å². The average molecular weight is 416 g/mol. The van der Waals surface area contributed by atoms with Crippen molar-refractivity contribution in [3.05, 3.63) is 107 Å². The summed E-state index contributed by atoms with van der Waals surface area (Å²) >= 11 is 0. The second-order valence-corrected chi connectivity index (χ2v) is 8.19. The fourth-order valence-electron chi connectivity index (χ4n) is 4.43. The molecule has 3 aromatic rings. The molecule has 3 aromatic carbocycles. The summed E-state index contributed by atoms with van der Waals surface area (Å²) in [6.45, 7) is 1.75. The zero-order chi connectivity index (χ0) is 21.6. The molecule has 1 N–H and O–H groups in total. The number of carboxylic acid groups (broad SMARTS) is 1. The topological polar surface area (TPSA) is 49.8 Å². The van der Waals surface area contributed by atoms with Crippen molar-refractivity contribution in [2.45, 2.75) is 24.9 Å². The third kappa shape index (κ3) is 5.04. The molecule has 0 fully saturated rings. The van der Waals surface area contributed by atoms with Crippen LogP contribution in [0.5, 0.6) is 0 Å². The van der Waals surface area contributed by atoms with Gasteiger partial charge in [0.15, 0.2) is 0 Å². The van der Waals surface area contributed by atoms with Gasteiger partial charge in [0, 0.05) is 19.0 Å². The van der Waals surface area contributed by atoms with E-state index in [0.29, 0.717) is 19.7 Å². The Balaban J connectivity index is 1.63. The predicted octanol–water partition coefficient (Wildman–Crippen LogP) is 4.89. The molecular weight excluding hydrogens is 386 g/mol. The Morgan fingerprint density at radius 2 is 1.55 bits per heavy atom. The number of benzene rings is 3. The number of ether oxygens (including phenoxy) is 1. The summed E-state index contributed by atoms with van der Waals surface area (Å²) in [5, 5.41) is 8.90. The molecule has 0 aliphatic heterocycles. The third-order valence-corrected chi connectivity index (χ3v) is 6.08. The molecule has 0 heterocycles. The van der Waals surface area contributed by atoms with Gasteiger partial charge < -0.3 is 14.7 Å². The zero-order valence-electron chi connectivity index (χ0n) is 17.9. The fourth-order valence-corrected chi connectivity index (χ4v) is 4.43. The van der Waals surface area contributed by atoms with Crippen LogP contribution in [0.3, 0.4) is 0 Å². The minimum atomic E-state index is -0.772. The van der Waals surface area contributed by atoms with Crippen molar-refractivity contribution in [2.24, 2.45) is 0 Å². The number of carboxylic acids is 1. The molecular formula is C27H29NO3. The van der Waals surface area contributed by atoms with Crippen LogP contribution in [0.1, 0.15) is 46.3 Å². The van der Waals surface area contributed by atoms with Crippen LogP contribution in [0.4, 0.5) is 0 Å². The molecule has 160 valence electrons. The number of fused-ring (bicyclic) bond motifs is 2. The average Bonchev–Trinajstić information content (AvgIpc) is 2.93. The van der Waals surface area contributed by atoms with Crippen LogP contribution in [0.25, 0.3) is 0 Å². The normalized spacial score (nSPS) is 17.6. The molecule has 0 saturated carbocycles. The molecule has 2 atom stereocenters. The van der Waals surface area contributed by atoms with E-state index in [0.717, 1.165) is 6.42 Å². The van der Waals surface area contributed by atoms with Crippen LogP contribution >= 0.6 is 0 Å². The van der Waals surface area contributed by atoms with Gasteiger partial charge in [0.05, 0.1) is 13.0 Å². The highest BCUT2D eigenvalue weighted by Gasteiger charge is 2.29. The van der Waals surface area contributed by atoms with Crippen LogP contribution in [0, 0.1) is 0 Å². The van der Waals surface area contributed by atoms with E-state index in [1.165, 1.54) is 27.8 Å². The number of hydrogen-bond donors (Lipinski definition) is 1. The quantitative estimate of drug-likeness (QED) is 0.569. The van der Waals surface area contributed by atoms with Crippen LogP contribution < -0.4 is 0 Å². The van der Waals surface area contributed by atoms with Crippen molar-refractivity contribution in [3.63, 3.8) is 0 Å². The Morgan fingerprint density at radius 1 is 0.903 bits per heavy atom. The van der Waals surface area contributed by atoms with Gasteiger partial charge in [-0.25, -0.2) is 0 Å². The summed E-state index contributed by atoms with van der Waals surface area (Å²) in [7, 11) is 1.94. The van der Waals surface area contributed by atoms with E-state index in [4.69, 9.17) is 9.84 Å². The van der Waals surface area contributed by atoms with E-state index >= 15 is 0 Å². The van der Waals surface area contributed by atoms with E-state index < -0.39 is 5.97 Å². The Kier molecular flexibility index (Phi) is 6.80. The van der Waals surface area contributed by atoms with Gasteiger partial charge in [0.2, 0.25) is 0 Å². The highest BCUT2D eigenvalue weighted by molar-refractivity contribution is 5.66. The number of rotatable bonds is 8. The Labute approximate surface area is 184 Å². The molecule has 0 aromatic heterocycles. The monoisotopic (exact) mass is 415 g/mol. The zero-order valence-corrected chi connectivity index (χ0v) is 17.9. The summed E-state index contributed by atoms with van der Waals surface area (Å²) < 4.78 is 6.49. The first-order valence-electron chi connectivity index (χ1n) is 10.9. The molecule has 31 heavy (non-hydrogen) atoms. The molecule has 2 unspecified atom stereocenters. The van der Waals surface area contributed by atoms with E-state index in [2.05, 4.69) is 78.9 Å². The molecule has 0 bridgehead atoms. The van der Waals surface area contributed by atoms with Gasteiger partial charge in [-0.3, -0.25) is 4.79 Å². The summed E-state index contributed by atoms with van der Waals surface area (Å²) in [5.41, 5.74) is 6.39. The minimum absolute atomic E-state index is 0.131. The molecule has 0 radical (unpaired) electrons. The van der Waals surface area contributed by atoms with Gasteiger partial charge in [-0.05, 0) is 41.3 Å². The number of nitrogens with zero attached hydrogens (tertiary/aromatic N) is 1. The highest BCUT2D eigenvalue weighted by atomic mass is 16.5. The summed E-state index contributed by atoms with van der Waals surface area (Å²) in [4.78, 5) is 12.8. The molecule has 4 heteroatoms. The second-order valence-electron chi connectivity index (χ2n) is 8.19. The number of hydrogen-bond acceptors (Lipinski definition) is 3. The number of aliphatic carboxylic acids is 1. The van der Waals surface area contributed by atoms with Gasteiger partial charge in [-0.2, -0.15) is 0 Å². The van der Waals surface area contributed by atoms with Gasteiger partial charge in [-0.1, -0.05) is 78.9 Å². The number of likely N-dealkylation sites (N-methyl/N-ethyl adjacent to an activating group) is 1. The maximum atomic E-state index is 10.8. The van der Waals surface area contributed by atoms with Crippen molar-refractivity contribution in [1.82, 2.24) is 4.90 Å². The van der Waals surface area contributed by atoms with E-state index in [9.17, 15) is 4.79 Å². The highest BCUT2D eigenvalue weighted by Crippen LogP contribution is 2.42. The van der Waals surface area contributed by atoms with E-state index in [1.54, 1.807) is 0 Å². The van der Waals surface area contributed by atoms with Crippen LogP contribution in [-0.2, 0) is 16.0 Å². The van der Waals surface area contributed by atoms with Gasteiger partial charge in [0.1, 0.15) is 6.10 Å². The first kappa shape index (κ1) is 21.3. The molecule has 1 aliphatic carbocycles. The van der Waals surface area contributed by atoms with Crippen LogP contribution in [0.15, 0.2) is 78.9 Å². The Hall–Kier alpha value is -2.95. The van der Waals surface area contributed by atoms with Gasteiger partial charge >= 0.3 is 5.97 Å². The largest absolute Gasteiger partial charge is 0.481 e. The van der Waals surface area contributed by atoms with E-state index in [1.807, 2.05) is 11.9 Å². The van der Waals surface area contributed by atoms with E-state index in [-0.39, 0.29) is 18.4 Å². The van der Waals surface area contributed by atoms with Gasteiger partial charge in [0.25, 0.3) is 0 Å². The summed E-state index contributed by atoms with van der Waals surface area (Å²) in [6, 6.07) is 27.9. The fraction of sp³-hybridized carbons (Fsp3) is 0.296. The lowest BCUT2D eigenvalue weighted by Gasteiger charge is -2.24. The van der Waals surface area contributed by atoms with Crippen molar-refractivity contribution < 1.29 is 14.6 Å². The third-order valence-electron chi connectivity index (χ3n) is 6.08. The van der Waals surface area contributed by atoms with Crippen LogP contribution in [-0.4, -0.2) is 42.7 Å². The van der Waals surface area contributed by atoms with Crippen LogP contribution in [0.2, 0.25) is 0 Å². The smallest absolute Gasteiger partial charge is 0.304 e. The maximum Gasteiger partial charge on any atom is 0.304 e. The lowest BCUT2D eigenvalue weighted by molar-refractivity contribution is -0.137. The maximum absolute atomic E-state index is 10.8. The minimum Gasteiger partial charge on any atom is -0.481 e. The van der Waals surface area contributed by atoms with Crippen molar-refractivity contribution >= 4 is 5.97 Å². The van der Waals surface area contributed by atoms with Crippen molar-refractivity contribution in [2.75, 3.05) is 26.7 Å². The standard InChI is InChI=1S/C27H29NO3/c1-28(16-15-26(29)30)17-18-31-27-22-12-6-5-11-21(22)19-25(20-9-3-2-4-10-20)23-13-7-8-14-24(23)27/h2-14,25,27H,15-19H2,1H3,(H,29,30). The lowest BCUT2D eigenvalue weighted by Crippen LogP contribution is -2.26. The Morgan fingerprint density at radius 3 is 2.29 bits per heavy atom. The Bertz CT molecular complexity index is 1020. The molecule has 0 saturated heterocycles. The first-order valence-corrected chi connectivity index (χ1v) is 10.9.